The predicted molar refractivity (Wildman–Crippen MR) is 90.1 cm³/mol. The summed E-state index contributed by atoms with van der Waals surface area (Å²) in [6.45, 7) is 1.87. The maximum absolute atomic E-state index is 12.2. The molecule has 0 fully saturated rings. The number of fused-ring (bicyclic) bond motifs is 1. The highest BCUT2D eigenvalue weighted by molar-refractivity contribution is 9.10. The highest BCUT2D eigenvalue weighted by Gasteiger charge is 2.27. The van der Waals surface area contributed by atoms with Crippen molar-refractivity contribution in [2.24, 2.45) is 0 Å². The lowest BCUT2D eigenvalue weighted by Gasteiger charge is -2.06. The molecule has 6 nitrogen and oxygen atoms in total. The summed E-state index contributed by atoms with van der Waals surface area (Å²) in [5.41, 5.74) is 2.68. The van der Waals surface area contributed by atoms with Gasteiger partial charge < -0.3 is 10.4 Å². The Morgan fingerprint density at radius 3 is 2.74 bits per heavy atom. The number of nitro groups is 1. The molecule has 3 rings (SSSR count). The number of amides is 1. The molecule has 0 unspecified atom stereocenters. The number of hydrogen-bond donors (Lipinski definition) is 2. The zero-order valence-electron chi connectivity index (χ0n) is 12.0. The largest absolute Gasteiger partial charge is 0.507 e. The van der Waals surface area contributed by atoms with E-state index in [0.29, 0.717) is 11.3 Å². The predicted octanol–water partition coefficient (Wildman–Crippen LogP) is 3.86. The number of phenols is 1. The van der Waals surface area contributed by atoms with Crippen LogP contribution in [0, 0.1) is 17.0 Å². The first kappa shape index (κ1) is 15.2. The third-order valence-electron chi connectivity index (χ3n) is 3.68. The van der Waals surface area contributed by atoms with Crippen LogP contribution in [0.1, 0.15) is 16.7 Å². The molecule has 0 aromatic heterocycles. The molecule has 0 atom stereocenters. The lowest BCUT2D eigenvalue weighted by atomic mass is 9.99. The second kappa shape index (κ2) is 5.51. The lowest BCUT2D eigenvalue weighted by molar-refractivity contribution is -0.384. The first-order chi connectivity index (χ1) is 10.9. The van der Waals surface area contributed by atoms with Crippen molar-refractivity contribution in [1.29, 1.82) is 0 Å². The lowest BCUT2D eigenvalue weighted by Crippen LogP contribution is -2.03. The van der Waals surface area contributed by atoms with E-state index in [9.17, 15) is 20.0 Å². The molecule has 0 saturated heterocycles. The minimum atomic E-state index is -0.550. The monoisotopic (exact) mass is 374 g/mol. The summed E-state index contributed by atoms with van der Waals surface area (Å²) in [4.78, 5) is 22.6. The topological polar surface area (TPSA) is 92.5 Å². The summed E-state index contributed by atoms with van der Waals surface area (Å²) in [7, 11) is 0. The van der Waals surface area contributed by atoms with Gasteiger partial charge in [0.2, 0.25) is 0 Å². The van der Waals surface area contributed by atoms with Gasteiger partial charge in [-0.3, -0.25) is 14.9 Å². The zero-order valence-corrected chi connectivity index (χ0v) is 13.5. The zero-order chi connectivity index (χ0) is 16.7. The third-order valence-corrected chi connectivity index (χ3v) is 4.54. The summed E-state index contributed by atoms with van der Waals surface area (Å²) in [6, 6.07) is 7.30. The number of aromatic hydroxyl groups is 1. The van der Waals surface area contributed by atoms with Crippen LogP contribution in [-0.4, -0.2) is 15.9 Å². The molecular formula is C16H11BrN2O4. The molecule has 1 aliphatic heterocycles. The standard InChI is InChI=1S/C16H11BrN2O4/c1-8-12(17)3-4-13-15(8)11(16(21)18-13)7-9-6-10(19(22)23)2-5-14(9)20/h2-7,20H,1H3,(H,18,21). The number of anilines is 1. The second-order valence-corrected chi connectivity index (χ2v) is 5.96. The van der Waals surface area contributed by atoms with Crippen molar-refractivity contribution in [2.45, 2.75) is 6.92 Å². The first-order valence-corrected chi connectivity index (χ1v) is 7.47. The minimum Gasteiger partial charge on any atom is -0.507 e. The normalized spacial score (nSPS) is 14.7. The average Bonchev–Trinajstić information content (AvgIpc) is 2.82. The van der Waals surface area contributed by atoms with Gasteiger partial charge in [-0.15, -0.1) is 0 Å². The number of rotatable bonds is 2. The molecule has 0 aliphatic carbocycles. The summed E-state index contributed by atoms with van der Waals surface area (Å²) >= 11 is 3.42. The number of nitrogens with zero attached hydrogens (tertiary/aromatic N) is 1. The van der Waals surface area contributed by atoms with Crippen LogP contribution in [0.2, 0.25) is 0 Å². The molecule has 0 saturated carbocycles. The summed E-state index contributed by atoms with van der Waals surface area (Å²) in [5, 5.41) is 23.6. The number of carbonyl (C=O) groups is 1. The summed E-state index contributed by atoms with van der Waals surface area (Å²) in [6.07, 6.45) is 1.46. The van der Waals surface area contributed by atoms with Gasteiger partial charge in [-0.25, -0.2) is 0 Å². The number of phenolic OH excluding ortho intramolecular Hbond substituents is 1. The number of hydrogen-bond acceptors (Lipinski definition) is 4. The van der Waals surface area contributed by atoms with Crippen LogP contribution in [0.4, 0.5) is 11.4 Å². The highest BCUT2D eigenvalue weighted by atomic mass is 79.9. The summed E-state index contributed by atoms with van der Waals surface area (Å²) < 4.78 is 0.849. The van der Waals surface area contributed by atoms with Gasteiger partial charge in [0.15, 0.2) is 0 Å². The van der Waals surface area contributed by atoms with E-state index >= 15 is 0 Å². The van der Waals surface area contributed by atoms with Crippen molar-refractivity contribution in [1.82, 2.24) is 0 Å². The Bertz CT molecular complexity index is 890. The number of benzene rings is 2. The Balaban J connectivity index is 2.19. The molecule has 2 aromatic carbocycles. The van der Waals surface area contributed by atoms with E-state index < -0.39 is 4.92 Å². The average molecular weight is 375 g/mol. The van der Waals surface area contributed by atoms with E-state index in [0.717, 1.165) is 15.6 Å². The van der Waals surface area contributed by atoms with Gasteiger partial charge in [0, 0.05) is 33.4 Å². The molecule has 2 aromatic rings. The van der Waals surface area contributed by atoms with Gasteiger partial charge in [0.1, 0.15) is 5.75 Å². The highest BCUT2D eigenvalue weighted by Crippen LogP contribution is 2.39. The maximum Gasteiger partial charge on any atom is 0.270 e. The van der Waals surface area contributed by atoms with Crippen molar-refractivity contribution in [3.05, 3.63) is 61.6 Å². The molecule has 0 spiro atoms. The van der Waals surface area contributed by atoms with E-state index in [4.69, 9.17) is 0 Å². The number of halogens is 1. The van der Waals surface area contributed by atoms with Crippen LogP contribution in [0.15, 0.2) is 34.8 Å². The van der Waals surface area contributed by atoms with Crippen LogP contribution in [-0.2, 0) is 4.79 Å². The fourth-order valence-electron chi connectivity index (χ4n) is 2.50. The quantitative estimate of drug-likeness (QED) is 0.474. The van der Waals surface area contributed by atoms with Crippen molar-refractivity contribution < 1.29 is 14.8 Å². The molecule has 116 valence electrons. The summed E-state index contributed by atoms with van der Waals surface area (Å²) in [5.74, 6) is -0.441. The molecule has 2 N–H and O–H groups in total. The van der Waals surface area contributed by atoms with Crippen LogP contribution in [0.3, 0.4) is 0 Å². The van der Waals surface area contributed by atoms with E-state index in [1.807, 2.05) is 13.0 Å². The van der Waals surface area contributed by atoms with Gasteiger partial charge in [-0.1, -0.05) is 15.9 Å². The van der Waals surface area contributed by atoms with Crippen molar-refractivity contribution in [2.75, 3.05) is 5.32 Å². The molecule has 1 aliphatic rings. The number of non-ortho nitro benzene ring substituents is 1. The molecule has 7 heteroatoms. The number of nitrogens with one attached hydrogen (secondary N) is 1. The molecule has 1 amide bonds. The van der Waals surface area contributed by atoms with Gasteiger partial charge in [0.25, 0.3) is 11.6 Å². The van der Waals surface area contributed by atoms with Crippen LogP contribution in [0.5, 0.6) is 5.75 Å². The van der Waals surface area contributed by atoms with Crippen LogP contribution in [0.25, 0.3) is 11.6 Å². The third kappa shape index (κ3) is 2.59. The number of nitro benzene ring substituents is 1. The fourth-order valence-corrected chi connectivity index (χ4v) is 2.84. The Morgan fingerprint density at radius 2 is 2.04 bits per heavy atom. The molecular weight excluding hydrogens is 364 g/mol. The van der Waals surface area contributed by atoms with Gasteiger partial charge >= 0.3 is 0 Å². The van der Waals surface area contributed by atoms with E-state index in [1.165, 1.54) is 24.3 Å². The fraction of sp³-hybridized carbons (Fsp3) is 0.0625. The molecule has 23 heavy (non-hydrogen) atoms. The van der Waals surface area contributed by atoms with E-state index in [1.54, 1.807) is 6.07 Å². The van der Waals surface area contributed by atoms with Crippen molar-refractivity contribution in [3.63, 3.8) is 0 Å². The minimum absolute atomic E-state index is 0.128. The van der Waals surface area contributed by atoms with Gasteiger partial charge in [-0.05, 0) is 36.8 Å². The maximum atomic E-state index is 12.2. The number of carbonyl (C=O) groups excluding carboxylic acids is 1. The van der Waals surface area contributed by atoms with Crippen molar-refractivity contribution >= 4 is 44.9 Å². The Morgan fingerprint density at radius 1 is 1.30 bits per heavy atom. The van der Waals surface area contributed by atoms with Gasteiger partial charge in [0.05, 0.1) is 10.5 Å². The van der Waals surface area contributed by atoms with E-state index in [-0.39, 0.29) is 22.9 Å². The first-order valence-electron chi connectivity index (χ1n) is 6.68. The van der Waals surface area contributed by atoms with Gasteiger partial charge in [-0.2, -0.15) is 0 Å². The smallest absolute Gasteiger partial charge is 0.270 e. The van der Waals surface area contributed by atoms with E-state index in [2.05, 4.69) is 21.2 Å². The molecule has 0 bridgehead atoms. The van der Waals surface area contributed by atoms with Crippen LogP contribution < -0.4 is 5.32 Å². The molecule has 0 radical (unpaired) electrons. The Kier molecular flexibility index (Phi) is 3.65. The SMILES string of the molecule is Cc1c(Br)ccc2c1C(=Cc1cc([N+](=O)[O-])ccc1O)C(=O)N2. The van der Waals surface area contributed by atoms with Crippen LogP contribution >= 0.6 is 15.9 Å². The second-order valence-electron chi connectivity index (χ2n) is 5.11. The van der Waals surface area contributed by atoms with Crippen molar-refractivity contribution in [3.8, 4) is 5.75 Å². The Hall–Kier alpha value is -2.67. The molecule has 1 heterocycles. The Labute approximate surface area is 139 Å².